The van der Waals surface area contributed by atoms with E-state index < -0.39 is 0 Å². The molecule has 1 amide bonds. The third-order valence-electron chi connectivity index (χ3n) is 3.89. The number of aromatic nitrogens is 2. The highest BCUT2D eigenvalue weighted by atomic mass is 32.1. The van der Waals surface area contributed by atoms with Crippen LogP contribution in [-0.4, -0.2) is 39.9 Å². The molecule has 0 unspecified atom stereocenters. The fourth-order valence-corrected chi connectivity index (χ4v) is 3.40. The van der Waals surface area contributed by atoms with Gasteiger partial charge in [-0.1, -0.05) is 0 Å². The number of nitrogens with zero attached hydrogens (tertiary/aromatic N) is 3. The second-order valence-electron chi connectivity index (χ2n) is 5.52. The molecule has 6 nitrogen and oxygen atoms in total. The van der Waals surface area contributed by atoms with Crippen LogP contribution >= 0.6 is 11.3 Å². The summed E-state index contributed by atoms with van der Waals surface area (Å²) >= 11 is 1.44. The first-order chi connectivity index (χ1) is 11.3. The lowest BCUT2D eigenvalue weighted by Gasteiger charge is -2.23. The molecule has 3 heterocycles. The van der Waals surface area contributed by atoms with Crippen LogP contribution in [-0.2, 0) is 11.3 Å². The molecule has 2 N–H and O–H groups in total. The minimum absolute atomic E-state index is 0.0280. The number of nitrogens with one attached hydrogen (secondary N) is 2. The van der Waals surface area contributed by atoms with Gasteiger partial charge in [-0.3, -0.25) is 14.7 Å². The first kappa shape index (κ1) is 15.9. The fourth-order valence-electron chi connectivity index (χ4n) is 2.87. The Kier molecular flexibility index (Phi) is 5.19. The summed E-state index contributed by atoms with van der Waals surface area (Å²) in [6.07, 6.45) is 5.42. The largest absolute Gasteiger partial charge is 0.385 e. The predicted molar refractivity (Wildman–Crippen MR) is 92.6 cm³/mol. The lowest BCUT2D eigenvalue weighted by atomic mass is 10.2. The molecule has 1 fully saturated rings. The quantitative estimate of drug-likeness (QED) is 0.851. The standard InChI is InChI=1S/C16H21N5OS/c1-2-17-12-5-6-18-13(10-12)11-21-8-3-4-14(21)15(22)20-16-19-7-9-23-16/h5-7,9-10,14H,2-4,8,11H2,1H3,(H,17,18)(H,19,20,22)/t14-/m0/s1. The van der Waals surface area contributed by atoms with Gasteiger partial charge in [-0.15, -0.1) is 11.3 Å². The van der Waals surface area contributed by atoms with Crippen LogP contribution in [0, 0.1) is 0 Å². The van der Waals surface area contributed by atoms with Crippen molar-refractivity contribution in [1.29, 1.82) is 0 Å². The van der Waals surface area contributed by atoms with Gasteiger partial charge in [0.15, 0.2) is 5.13 Å². The SMILES string of the molecule is CCNc1ccnc(CN2CCC[C@H]2C(=O)Nc2nccs2)c1. The van der Waals surface area contributed by atoms with Gasteiger partial charge < -0.3 is 10.6 Å². The minimum Gasteiger partial charge on any atom is -0.385 e. The van der Waals surface area contributed by atoms with Crippen LogP contribution in [0.15, 0.2) is 29.9 Å². The van der Waals surface area contributed by atoms with Gasteiger partial charge in [0, 0.05) is 36.6 Å². The molecule has 1 atom stereocenters. The Hall–Kier alpha value is -1.99. The van der Waals surface area contributed by atoms with Gasteiger partial charge in [0.2, 0.25) is 5.91 Å². The Morgan fingerprint density at radius 3 is 3.13 bits per heavy atom. The van der Waals surface area contributed by atoms with Crippen LogP contribution in [0.2, 0.25) is 0 Å². The van der Waals surface area contributed by atoms with Gasteiger partial charge in [-0.25, -0.2) is 4.98 Å². The normalized spacial score (nSPS) is 18.0. The summed E-state index contributed by atoms with van der Waals surface area (Å²) in [6, 6.07) is 3.91. The third-order valence-corrected chi connectivity index (χ3v) is 4.58. The molecule has 23 heavy (non-hydrogen) atoms. The molecule has 0 saturated carbocycles. The second-order valence-corrected chi connectivity index (χ2v) is 6.42. The third kappa shape index (κ3) is 4.05. The summed E-state index contributed by atoms with van der Waals surface area (Å²) < 4.78 is 0. The zero-order valence-electron chi connectivity index (χ0n) is 13.2. The molecule has 2 aromatic heterocycles. The number of pyridine rings is 1. The summed E-state index contributed by atoms with van der Waals surface area (Å²) in [4.78, 5) is 23.2. The number of hydrogen-bond acceptors (Lipinski definition) is 6. The van der Waals surface area contributed by atoms with E-state index in [0.717, 1.165) is 37.3 Å². The van der Waals surface area contributed by atoms with E-state index in [1.54, 1.807) is 6.20 Å². The minimum atomic E-state index is -0.108. The summed E-state index contributed by atoms with van der Waals surface area (Å²) in [5.41, 5.74) is 2.05. The van der Waals surface area contributed by atoms with Crippen molar-refractivity contribution in [3.05, 3.63) is 35.6 Å². The maximum atomic E-state index is 12.5. The maximum absolute atomic E-state index is 12.5. The van der Waals surface area contributed by atoms with Crippen LogP contribution in [0.3, 0.4) is 0 Å². The van der Waals surface area contributed by atoms with Gasteiger partial charge in [0.25, 0.3) is 0 Å². The number of amides is 1. The molecule has 1 aliphatic rings. The Bertz CT molecular complexity index is 646. The van der Waals surface area contributed by atoms with Crippen molar-refractivity contribution in [2.75, 3.05) is 23.7 Å². The Balaban J connectivity index is 1.64. The topological polar surface area (TPSA) is 70.2 Å². The molecule has 0 spiro atoms. The first-order valence-corrected chi connectivity index (χ1v) is 8.77. The Morgan fingerprint density at radius 2 is 2.35 bits per heavy atom. The molecule has 122 valence electrons. The molecule has 3 rings (SSSR count). The van der Waals surface area contributed by atoms with Crippen LogP contribution in [0.1, 0.15) is 25.5 Å². The van der Waals surface area contributed by atoms with Crippen molar-refractivity contribution < 1.29 is 4.79 Å². The highest BCUT2D eigenvalue weighted by Gasteiger charge is 2.31. The van der Waals surface area contributed by atoms with Crippen LogP contribution in [0.25, 0.3) is 0 Å². The summed E-state index contributed by atoms with van der Waals surface area (Å²) in [7, 11) is 0. The first-order valence-electron chi connectivity index (χ1n) is 7.89. The lowest BCUT2D eigenvalue weighted by Crippen LogP contribution is -2.39. The molecular weight excluding hydrogens is 310 g/mol. The predicted octanol–water partition coefficient (Wildman–Crippen LogP) is 2.57. The number of carbonyl (C=O) groups is 1. The van der Waals surface area contributed by atoms with E-state index in [-0.39, 0.29) is 11.9 Å². The van der Waals surface area contributed by atoms with Crippen molar-refractivity contribution in [3.8, 4) is 0 Å². The summed E-state index contributed by atoms with van der Waals surface area (Å²) in [6.45, 7) is 4.56. The van der Waals surface area contributed by atoms with E-state index in [1.165, 1.54) is 11.3 Å². The number of carbonyl (C=O) groups excluding carboxylic acids is 1. The van der Waals surface area contributed by atoms with E-state index in [4.69, 9.17) is 0 Å². The van der Waals surface area contributed by atoms with Gasteiger partial charge in [-0.05, 0) is 38.4 Å². The monoisotopic (exact) mass is 331 g/mol. The fraction of sp³-hybridized carbons (Fsp3) is 0.438. The summed E-state index contributed by atoms with van der Waals surface area (Å²) in [5, 5.41) is 8.72. The van der Waals surface area contributed by atoms with Crippen LogP contribution < -0.4 is 10.6 Å². The molecule has 2 aromatic rings. The molecule has 1 saturated heterocycles. The average Bonchev–Trinajstić information content (AvgIpc) is 3.19. The molecule has 0 aliphatic carbocycles. The van der Waals surface area contributed by atoms with Crippen molar-refractivity contribution >= 4 is 28.1 Å². The molecule has 0 aromatic carbocycles. The zero-order valence-corrected chi connectivity index (χ0v) is 14.0. The van der Waals surface area contributed by atoms with E-state index >= 15 is 0 Å². The molecule has 7 heteroatoms. The van der Waals surface area contributed by atoms with Crippen molar-refractivity contribution in [3.63, 3.8) is 0 Å². The molecule has 1 aliphatic heterocycles. The Labute approximate surface area is 140 Å². The van der Waals surface area contributed by atoms with Crippen molar-refractivity contribution in [2.24, 2.45) is 0 Å². The second kappa shape index (κ2) is 7.52. The van der Waals surface area contributed by atoms with E-state index in [2.05, 4.69) is 38.5 Å². The Morgan fingerprint density at radius 1 is 1.43 bits per heavy atom. The van der Waals surface area contributed by atoms with Gasteiger partial charge in [0.1, 0.15) is 0 Å². The highest BCUT2D eigenvalue weighted by molar-refractivity contribution is 7.13. The number of hydrogen-bond donors (Lipinski definition) is 2. The average molecular weight is 331 g/mol. The van der Waals surface area contributed by atoms with E-state index in [1.807, 2.05) is 17.6 Å². The molecular formula is C16H21N5OS. The van der Waals surface area contributed by atoms with E-state index in [0.29, 0.717) is 11.7 Å². The summed E-state index contributed by atoms with van der Waals surface area (Å²) in [5.74, 6) is 0.0280. The van der Waals surface area contributed by atoms with Crippen molar-refractivity contribution in [2.45, 2.75) is 32.4 Å². The van der Waals surface area contributed by atoms with Gasteiger partial charge >= 0.3 is 0 Å². The van der Waals surface area contributed by atoms with Gasteiger partial charge in [-0.2, -0.15) is 0 Å². The smallest absolute Gasteiger partial charge is 0.243 e. The highest BCUT2D eigenvalue weighted by Crippen LogP contribution is 2.22. The maximum Gasteiger partial charge on any atom is 0.243 e. The van der Waals surface area contributed by atoms with Gasteiger partial charge in [0.05, 0.1) is 11.7 Å². The number of thiazole rings is 1. The van der Waals surface area contributed by atoms with Crippen LogP contribution in [0.4, 0.5) is 10.8 Å². The van der Waals surface area contributed by atoms with Crippen LogP contribution in [0.5, 0.6) is 0 Å². The zero-order chi connectivity index (χ0) is 16.1. The lowest BCUT2D eigenvalue weighted by molar-refractivity contribution is -0.120. The van der Waals surface area contributed by atoms with E-state index in [9.17, 15) is 4.79 Å². The molecule has 0 radical (unpaired) electrons. The van der Waals surface area contributed by atoms with Crippen molar-refractivity contribution in [1.82, 2.24) is 14.9 Å². The number of anilines is 2. The molecule has 0 bridgehead atoms. The number of likely N-dealkylation sites (tertiary alicyclic amines) is 1. The number of rotatable bonds is 6.